The molecule has 1 aliphatic rings. The van der Waals surface area contributed by atoms with Gasteiger partial charge in [-0.05, 0) is 37.6 Å². The van der Waals surface area contributed by atoms with Crippen molar-refractivity contribution in [3.8, 4) is 11.1 Å². The molecular formula is C21H24N2O3. The van der Waals surface area contributed by atoms with Crippen molar-refractivity contribution in [3.05, 3.63) is 54.6 Å². The summed E-state index contributed by atoms with van der Waals surface area (Å²) in [5.74, 6) is -0.228. The first kappa shape index (κ1) is 18.1. The first-order chi connectivity index (χ1) is 12.7. The van der Waals surface area contributed by atoms with Crippen LogP contribution in [0.3, 0.4) is 0 Å². The smallest absolute Gasteiger partial charge is 0.308 e. The summed E-state index contributed by atoms with van der Waals surface area (Å²) in [6, 6.07) is 17.8. The first-order valence-electron chi connectivity index (χ1n) is 8.92. The number of carbonyl (C=O) groups is 2. The molecule has 26 heavy (non-hydrogen) atoms. The standard InChI is InChI=1S/C21H24N2O3/c1-26-21(25)17-11-13-23(14-12-17)15-20(24)22-19-10-6-5-9-18(19)16-7-3-2-4-8-16/h2-10,17H,11-15H2,1H3,(H,22,24). The van der Waals surface area contributed by atoms with Gasteiger partial charge in [0.1, 0.15) is 0 Å². The summed E-state index contributed by atoms with van der Waals surface area (Å²) in [5.41, 5.74) is 2.89. The predicted molar refractivity (Wildman–Crippen MR) is 102 cm³/mol. The molecule has 5 nitrogen and oxygen atoms in total. The van der Waals surface area contributed by atoms with Gasteiger partial charge in [0.15, 0.2) is 0 Å². The van der Waals surface area contributed by atoms with E-state index in [0.29, 0.717) is 6.54 Å². The normalized spacial score (nSPS) is 15.4. The van der Waals surface area contributed by atoms with E-state index in [2.05, 4.69) is 10.2 Å². The monoisotopic (exact) mass is 352 g/mol. The summed E-state index contributed by atoms with van der Waals surface area (Å²) >= 11 is 0. The molecule has 2 aromatic rings. The second kappa shape index (κ2) is 8.63. The molecule has 0 bridgehead atoms. The zero-order valence-electron chi connectivity index (χ0n) is 15.0. The summed E-state index contributed by atoms with van der Waals surface area (Å²) in [6.07, 6.45) is 1.47. The van der Waals surface area contributed by atoms with Gasteiger partial charge in [-0.1, -0.05) is 48.5 Å². The van der Waals surface area contributed by atoms with Gasteiger partial charge in [0, 0.05) is 11.3 Å². The second-order valence-corrected chi connectivity index (χ2v) is 6.53. The van der Waals surface area contributed by atoms with E-state index in [4.69, 9.17) is 4.74 Å². The third-order valence-corrected chi connectivity index (χ3v) is 4.78. The molecule has 2 aromatic carbocycles. The fourth-order valence-corrected chi connectivity index (χ4v) is 3.35. The van der Waals surface area contributed by atoms with Gasteiger partial charge >= 0.3 is 5.97 Å². The minimum atomic E-state index is -0.147. The van der Waals surface area contributed by atoms with Crippen LogP contribution >= 0.6 is 0 Å². The zero-order chi connectivity index (χ0) is 18.4. The molecular weight excluding hydrogens is 328 g/mol. The Kier molecular flexibility index (Phi) is 6.02. The zero-order valence-corrected chi connectivity index (χ0v) is 15.0. The number of para-hydroxylation sites is 1. The van der Waals surface area contributed by atoms with Crippen LogP contribution in [0.1, 0.15) is 12.8 Å². The van der Waals surface area contributed by atoms with Crippen molar-refractivity contribution in [2.24, 2.45) is 5.92 Å². The Morgan fingerprint density at radius 3 is 2.38 bits per heavy atom. The number of hydrogen-bond donors (Lipinski definition) is 1. The van der Waals surface area contributed by atoms with E-state index in [9.17, 15) is 9.59 Å². The topological polar surface area (TPSA) is 58.6 Å². The summed E-state index contributed by atoms with van der Waals surface area (Å²) < 4.78 is 4.80. The molecule has 0 unspecified atom stereocenters. The molecule has 3 rings (SSSR count). The summed E-state index contributed by atoms with van der Waals surface area (Å²) in [7, 11) is 1.42. The van der Waals surface area contributed by atoms with Gasteiger partial charge in [-0.2, -0.15) is 0 Å². The van der Waals surface area contributed by atoms with Crippen molar-refractivity contribution in [1.29, 1.82) is 0 Å². The molecule has 0 atom stereocenters. The van der Waals surface area contributed by atoms with Crippen LogP contribution in [0.25, 0.3) is 11.1 Å². The van der Waals surface area contributed by atoms with Crippen LogP contribution in [0.4, 0.5) is 5.69 Å². The fourth-order valence-electron chi connectivity index (χ4n) is 3.35. The maximum absolute atomic E-state index is 12.5. The Bertz CT molecular complexity index is 753. The molecule has 1 aliphatic heterocycles. The minimum Gasteiger partial charge on any atom is -0.469 e. The molecule has 0 spiro atoms. The van der Waals surface area contributed by atoms with Crippen molar-refractivity contribution < 1.29 is 14.3 Å². The lowest BCUT2D eigenvalue weighted by molar-refractivity contribution is -0.147. The molecule has 1 saturated heterocycles. The number of anilines is 1. The van der Waals surface area contributed by atoms with E-state index in [1.165, 1.54) is 7.11 Å². The Balaban J connectivity index is 1.59. The van der Waals surface area contributed by atoms with Crippen LogP contribution in [0.15, 0.2) is 54.6 Å². The molecule has 0 radical (unpaired) electrons. The number of nitrogens with zero attached hydrogens (tertiary/aromatic N) is 1. The lowest BCUT2D eigenvalue weighted by Crippen LogP contribution is -2.41. The largest absolute Gasteiger partial charge is 0.469 e. The van der Waals surface area contributed by atoms with Crippen LogP contribution in [0.5, 0.6) is 0 Å². The van der Waals surface area contributed by atoms with Gasteiger partial charge in [-0.25, -0.2) is 0 Å². The number of ether oxygens (including phenoxy) is 1. The van der Waals surface area contributed by atoms with Crippen molar-refractivity contribution in [3.63, 3.8) is 0 Å². The van der Waals surface area contributed by atoms with Gasteiger partial charge in [0.25, 0.3) is 0 Å². The van der Waals surface area contributed by atoms with E-state index in [1.807, 2.05) is 54.6 Å². The molecule has 1 fully saturated rings. The molecule has 0 aliphatic carbocycles. The summed E-state index contributed by atoms with van der Waals surface area (Å²) in [4.78, 5) is 26.2. The van der Waals surface area contributed by atoms with Crippen molar-refractivity contribution >= 4 is 17.6 Å². The molecule has 0 saturated carbocycles. The van der Waals surface area contributed by atoms with Gasteiger partial charge < -0.3 is 10.1 Å². The number of likely N-dealkylation sites (tertiary alicyclic amines) is 1. The molecule has 5 heteroatoms. The number of methoxy groups -OCH3 is 1. The predicted octanol–water partition coefficient (Wildman–Crippen LogP) is 3.18. The van der Waals surface area contributed by atoms with Crippen molar-refractivity contribution in [1.82, 2.24) is 4.90 Å². The number of hydrogen-bond acceptors (Lipinski definition) is 4. The van der Waals surface area contributed by atoms with Crippen LogP contribution in [0.2, 0.25) is 0 Å². The van der Waals surface area contributed by atoms with Crippen molar-refractivity contribution in [2.75, 3.05) is 32.1 Å². The van der Waals surface area contributed by atoms with E-state index in [0.717, 1.165) is 42.7 Å². The Labute approximate surface area is 154 Å². The van der Waals surface area contributed by atoms with E-state index in [-0.39, 0.29) is 17.8 Å². The number of esters is 1. The van der Waals surface area contributed by atoms with E-state index >= 15 is 0 Å². The molecule has 136 valence electrons. The van der Waals surface area contributed by atoms with Gasteiger partial charge in [-0.3, -0.25) is 14.5 Å². The third kappa shape index (κ3) is 4.49. The highest BCUT2D eigenvalue weighted by atomic mass is 16.5. The highest BCUT2D eigenvalue weighted by Crippen LogP contribution is 2.27. The number of piperidine rings is 1. The van der Waals surface area contributed by atoms with Gasteiger partial charge in [0.05, 0.1) is 19.6 Å². The number of nitrogens with one attached hydrogen (secondary N) is 1. The Morgan fingerprint density at radius 2 is 1.69 bits per heavy atom. The van der Waals surface area contributed by atoms with Crippen LogP contribution in [0, 0.1) is 5.92 Å². The number of benzene rings is 2. The lowest BCUT2D eigenvalue weighted by atomic mass is 9.97. The molecule has 1 heterocycles. The number of rotatable bonds is 5. The second-order valence-electron chi connectivity index (χ2n) is 6.53. The lowest BCUT2D eigenvalue weighted by Gasteiger charge is -2.30. The fraction of sp³-hybridized carbons (Fsp3) is 0.333. The molecule has 0 aromatic heterocycles. The first-order valence-corrected chi connectivity index (χ1v) is 8.92. The SMILES string of the molecule is COC(=O)C1CCN(CC(=O)Nc2ccccc2-c2ccccc2)CC1. The highest BCUT2D eigenvalue weighted by molar-refractivity contribution is 5.96. The highest BCUT2D eigenvalue weighted by Gasteiger charge is 2.26. The Hall–Kier alpha value is -2.66. The van der Waals surface area contributed by atoms with E-state index in [1.54, 1.807) is 0 Å². The average molecular weight is 352 g/mol. The van der Waals surface area contributed by atoms with E-state index < -0.39 is 0 Å². The maximum Gasteiger partial charge on any atom is 0.308 e. The third-order valence-electron chi connectivity index (χ3n) is 4.78. The van der Waals surface area contributed by atoms with Crippen LogP contribution < -0.4 is 5.32 Å². The molecule has 1 amide bonds. The van der Waals surface area contributed by atoms with Crippen LogP contribution in [-0.4, -0.2) is 43.5 Å². The number of amides is 1. The van der Waals surface area contributed by atoms with Gasteiger partial charge in [0.2, 0.25) is 5.91 Å². The Morgan fingerprint density at radius 1 is 1.04 bits per heavy atom. The van der Waals surface area contributed by atoms with Gasteiger partial charge in [-0.15, -0.1) is 0 Å². The van der Waals surface area contributed by atoms with Crippen LogP contribution in [-0.2, 0) is 14.3 Å². The quantitative estimate of drug-likeness (QED) is 0.840. The maximum atomic E-state index is 12.5. The summed E-state index contributed by atoms with van der Waals surface area (Å²) in [6.45, 7) is 1.79. The summed E-state index contributed by atoms with van der Waals surface area (Å²) in [5, 5.41) is 3.03. The molecule has 1 N–H and O–H groups in total. The number of carbonyl (C=O) groups excluding carboxylic acids is 2. The average Bonchev–Trinajstić information content (AvgIpc) is 2.69. The van der Waals surface area contributed by atoms with Crippen molar-refractivity contribution in [2.45, 2.75) is 12.8 Å². The minimum absolute atomic E-state index is 0.0371.